The largest absolute Gasteiger partial charge is 0.490 e. The van der Waals surface area contributed by atoms with Crippen LogP contribution in [0.4, 0.5) is 10.1 Å². The van der Waals surface area contributed by atoms with E-state index in [4.69, 9.17) is 22.1 Å². The Morgan fingerprint density at radius 2 is 1.95 bits per heavy atom. The third-order valence-corrected chi connectivity index (χ3v) is 3.03. The van der Waals surface area contributed by atoms with Crippen molar-refractivity contribution in [3.63, 3.8) is 0 Å². The predicted octanol–water partition coefficient (Wildman–Crippen LogP) is 4.07. The van der Waals surface area contributed by atoms with Crippen molar-refractivity contribution in [1.82, 2.24) is 0 Å². The maximum atomic E-state index is 13.5. The maximum absolute atomic E-state index is 13.5. The minimum absolute atomic E-state index is 0.0772. The summed E-state index contributed by atoms with van der Waals surface area (Å²) in [7, 11) is 0. The van der Waals surface area contributed by atoms with Gasteiger partial charge in [-0.05, 0) is 42.7 Å². The molecule has 0 aliphatic carbocycles. The zero-order chi connectivity index (χ0) is 13.7. The minimum Gasteiger partial charge on any atom is -0.490 e. The molecule has 0 unspecified atom stereocenters. The number of hydrogen-bond donors (Lipinski definition) is 1. The van der Waals surface area contributed by atoms with Crippen LogP contribution < -0.4 is 10.5 Å². The lowest BCUT2D eigenvalue weighted by molar-refractivity contribution is 0.296. The van der Waals surface area contributed by atoms with Gasteiger partial charge in [0.25, 0.3) is 0 Å². The highest BCUT2D eigenvalue weighted by Gasteiger charge is 2.06. The van der Waals surface area contributed by atoms with Gasteiger partial charge in [-0.15, -0.1) is 0 Å². The molecule has 2 rings (SSSR count). The van der Waals surface area contributed by atoms with Gasteiger partial charge in [0.15, 0.2) is 11.6 Å². The van der Waals surface area contributed by atoms with Crippen LogP contribution in [0.3, 0.4) is 0 Å². The standard InChI is InChI=1S/C15H15ClFNO/c16-13-7-2-8-14(15(13)17)19-9-3-5-11-4-1-6-12(18)10-11/h1-2,4,6-8,10H,3,5,9,18H2. The molecule has 0 aromatic heterocycles. The smallest absolute Gasteiger partial charge is 0.183 e. The van der Waals surface area contributed by atoms with Gasteiger partial charge in [-0.25, -0.2) is 4.39 Å². The molecule has 0 radical (unpaired) electrons. The lowest BCUT2D eigenvalue weighted by Gasteiger charge is -2.08. The Bertz CT molecular complexity index is 560. The van der Waals surface area contributed by atoms with Crippen LogP contribution in [0.25, 0.3) is 0 Å². The highest BCUT2D eigenvalue weighted by atomic mass is 35.5. The molecule has 0 aliphatic rings. The lowest BCUT2D eigenvalue weighted by Crippen LogP contribution is -2.01. The fourth-order valence-corrected chi connectivity index (χ4v) is 1.97. The Hall–Kier alpha value is -1.74. The van der Waals surface area contributed by atoms with Crippen molar-refractivity contribution in [2.75, 3.05) is 12.3 Å². The maximum Gasteiger partial charge on any atom is 0.183 e. The second kappa shape index (κ2) is 6.43. The van der Waals surface area contributed by atoms with Crippen molar-refractivity contribution in [3.8, 4) is 5.75 Å². The highest BCUT2D eigenvalue weighted by molar-refractivity contribution is 6.30. The van der Waals surface area contributed by atoms with E-state index in [0.29, 0.717) is 6.61 Å². The van der Waals surface area contributed by atoms with Crippen LogP contribution in [0.1, 0.15) is 12.0 Å². The number of halogens is 2. The van der Waals surface area contributed by atoms with E-state index < -0.39 is 5.82 Å². The molecule has 0 aliphatic heterocycles. The summed E-state index contributed by atoms with van der Waals surface area (Å²) in [5.74, 6) is -0.312. The molecule has 0 fully saturated rings. The molecule has 0 saturated heterocycles. The van der Waals surface area contributed by atoms with E-state index in [1.54, 1.807) is 12.1 Å². The summed E-state index contributed by atoms with van der Waals surface area (Å²) in [5.41, 5.74) is 7.59. The molecule has 0 bridgehead atoms. The Labute approximate surface area is 117 Å². The molecule has 0 atom stereocenters. The number of nitrogen functional groups attached to an aromatic ring is 1. The number of rotatable bonds is 5. The Morgan fingerprint density at radius 1 is 1.16 bits per heavy atom. The molecule has 2 aromatic rings. The van der Waals surface area contributed by atoms with E-state index in [2.05, 4.69) is 0 Å². The normalized spacial score (nSPS) is 10.4. The summed E-state index contributed by atoms with van der Waals surface area (Å²) in [6.07, 6.45) is 1.63. The first-order valence-electron chi connectivity index (χ1n) is 6.08. The number of hydrogen-bond acceptors (Lipinski definition) is 2. The lowest BCUT2D eigenvalue weighted by atomic mass is 10.1. The number of benzene rings is 2. The first-order chi connectivity index (χ1) is 9.16. The molecule has 2 aromatic carbocycles. The molecule has 100 valence electrons. The number of aryl methyl sites for hydroxylation is 1. The molecule has 4 heteroatoms. The van der Waals surface area contributed by atoms with E-state index in [1.807, 2.05) is 24.3 Å². The predicted molar refractivity (Wildman–Crippen MR) is 76.1 cm³/mol. The topological polar surface area (TPSA) is 35.2 Å². The number of nitrogens with two attached hydrogens (primary N) is 1. The van der Waals surface area contributed by atoms with Crippen molar-refractivity contribution in [1.29, 1.82) is 0 Å². The monoisotopic (exact) mass is 279 g/mol. The molecular formula is C15H15ClFNO. The first-order valence-corrected chi connectivity index (χ1v) is 6.46. The van der Waals surface area contributed by atoms with Gasteiger partial charge in [0, 0.05) is 5.69 Å². The average Bonchev–Trinajstić information content (AvgIpc) is 2.39. The van der Waals surface area contributed by atoms with Crippen LogP contribution in [0, 0.1) is 5.82 Å². The van der Waals surface area contributed by atoms with Crippen molar-refractivity contribution >= 4 is 17.3 Å². The number of anilines is 1. The molecule has 0 amide bonds. The van der Waals surface area contributed by atoms with Crippen molar-refractivity contribution in [2.24, 2.45) is 0 Å². The van der Waals surface area contributed by atoms with Crippen LogP contribution in [-0.4, -0.2) is 6.61 Å². The van der Waals surface area contributed by atoms with Gasteiger partial charge in [-0.2, -0.15) is 0 Å². The van der Waals surface area contributed by atoms with Crippen LogP contribution in [0.15, 0.2) is 42.5 Å². The zero-order valence-electron chi connectivity index (χ0n) is 10.4. The van der Waals surface area contributed by atoms with Gasteiger partial charge >= 0.3 is 0 Å². The molecule has 19 heavy (non-hydrogen) atoms. The summed E-state index contributed by atoms with van der Waals surface area (Å²) in [5, 5.41) is 0.0772. The minimum atomic E-state index is -0.506. The summed E-state index contributed by atoms with van der Waals surface area (Å²) in [6, 6.07) is 12.4. The van der Waals surface area contributed by atoms with Crippen molar-refractivity contribution in [2.45, 2.75) is 12.8 Å². The fraction of sp³-hybridized carbons (Fsp3) is 0.200. The van der Waals surface area contributed by atoms with Crippen molar-refractivity contribution < 1.29 is 9.13 Å². The van der Waals surface area contributed by atoms with Crippen LogP contribution in [-0.2, 0) is 6.42 Å². The van der Waals surface area contributed by atoms with E-state index >= 15 is 0 Å². The summed E-state index contributed by atoms with van der Waals surface area (Å²) in [6.45, 7) is 0.437. The van der Waals surface area contributed by atoms with E-state index in [-0.39, 0.29) is 10.8 Å². The Kier molecular flexibility index (Phi) is 4.63. The summed E-state index contributed by atoms with van der Waals surface area (Å²) in [4.78, 5) is 0. The molecular weight excluding hydrogens is 265 g/mol. The zero-order valence-corrected chi connectivity index (χ0v) is 11.2. The van der Waals surface area contributed by atoms with Crippen LogP contribution in [0.2, 0.25) is 5.02 Å². The van der Waals surface area contributed by atoms with E-state index in [0.717, 1.165) is 24.1 Å². The van der Waals surface area contributed by atoms with Gasteiger partial charge in [0.1, 0.15) is 0 Å². The third-order valence-electron chi connectivity index (χ3n) is 2.73. The van der Waals surface area contributed by atoms with Gasteiger partial charge in [0.05, 0.1) is 11.6 Å². The average molecular weight is 280 g/mol. The molecule has 0 heterocycles. The first kappa shape index (κ1) is 13.7. The Balaban J connectivity index is 1.82. The summed E-state index contributed by atoms with van der Waals surface area (Å²) >= 11 is 5.67. The number of ether oxygens (including phenoxy) is 1. The molecule has 0 saturated carbocycles. The Morgan fingerprint density at radius 3 is 2.74 bits per heavy atom. The van der Waals surface area contributed by atoms with Crippen LogP contribution in [0.5, 0.6) is 5.75 Å². The SMILES string of the molecule is Nc1cccc(CCCOc2cccc(Cl)c2F)c1. The molecule has 2 N–H and O–H groups in total. The van der Waals surface area contributed by atoms with Gasteiger partial charge < -0.3 is 10.5 Å². The third kappa shape index (κ3) is 3.86. The van der Waals surface area contributed by atoms with Gasteiger partial charge in [0.2, 0.25) is 0 Å². The fourth-order valence-electron chi connectivity index (χ4n) is 1.80. The second-order valence-corrected chi connectivity index (χ2v) is 4.66. The second-order valence-electron chi connectivity index (χ2n) is 4.25. The van der Waals surface area contributed by atoms with E-state index in [1.165, 1.54) is 6.07 Å². The van der Waals surface area contributed by atoms with Crippen molar-refractivity contribution in [3.05, 3.63) is 58.9 Å². The van der Waals surface area contributed by atoms with Gasteiger partial charge in [-0.3, -0.25) is 0 Å². The van der Waals surface area contributed by atoms with Crippen LogP contribution >= 0.6 is 11.6 Å². The van der Waals surface area contributed by atoms with E-state index in [9.17, 15) is 4.39 Å². The quantitative estimate of drug-likeness (QED) is 0.661. The highest BCUT2D eigenvalue weighted by Crippen LogP contribution is 2.24. The molecule has 2 nitrogen and oxygen atoms in total. The molecule has 0 spiro atoms. The summed E-state index contributed by atoms with van der Waals surface area (Å²) < 4.78 is 18.9. The van der Waals surface area contributed by atoms with Gasteiger partial charge in [-0.1, -0.05) is 29.8 Å².